The Hall–Kier alpha value is -1.84. The van der Waals surface area contributed by atoms with E-state index in [1.165, 1.54) is 0 Å². The molecule has 0 saturated heterocycles. The molecule has 1 amide bonds. The van der Waals surface area contributed by atoms with Crippen LogP contribution >= 0.6 is 11.6 Å². The van der Waals surface area contributed by atoms with Gasteiger partial charge in [0.15, 0.2) is 0 Å². The molecule has 0 aliphatic carbocycles. The van der Waals surface area contributed by atoms with Crippen LogP contribution in [0.1, 0.15) is 22.7 Å². The summed E-state index contributed by atoms with van der Waals surface area (Å²) in [5.41, 5.74) is 9.81. The monoisotopic (exact) mass is 286 g/mol. The maximum Gasteiger partial charge on any atom is 0.248 e. The van der Waals surface area contributed by atoms with Gasteiger partial charge in [0.25, 0.3) is 0 Å². The van der Waals surface area contributed by atoms with Crippen LogP contribution in [-0.4, -0.2) is 5.91 Å². The maximum absolute atomic E-state index is 12.3. The largest absolute Gasteiger partial charge is 0.316 e. The lowest BCUT2D eigenvalue weighted by atomic mass is 10.1. The van der Waals surface area contributed by atoms with Crippen LogP contribution < -0.4 is 10.6 Å². The van der Waals surface area contributed by atoms with Crippen molar-refractivity contribution >= 4 is 23.2 Å². The number of nitrogens with zero attached hydrogens (tertiary/aromatic N) is 1. The molecule has 2 aromatic rings. The van der Waals surface area contributed by atoms with Gasteiger partial charge in [-0.25, -0.2) is 0 Å². The number of benzene rings is 2. The molecule has 0 bridgehead atoms. The highest BCUT2D eigenvalue weighted by atomic mass is 35.5. The number of hydrogen-bond donors (Lipinski definition) is 1. The fourth-order valence-electron chi connectivity index (χ4n) is 2.55. The number of aryl methyl sites for hydroxylation is 1. The topological polar surface area (TPSA) is 46.3 Å². The number of halogens is 1. The molecule has 102 valence electrons. The highest BCUT2D eigenvalue weighted by molar-refractivity contribution is 6.31. The van der Waals surface area contributed by atoms with E-state index in [0.29, 0.717) is 11.6 Å². The summed E-state index contributed by atoms with van der Waals surface area (Å²) in [6.07, 6.45) is 0. The molecule has 0 aromatic heterocycles. The van der Waals surface area contributed by atoms with Crippen molar-refractivity contribution in [3.8, 4) is 0 Å². The highest BCUT2D eigenvalue weighted by Crippen LogP contribution is 2.36. The number of nitrogens with two attached hydrogens (primary N) is 1. The van der Waals surface area contributed by atoms with Gasteiger partial charge >= 0.3 is 0 Å². The Morgan fingerprint density at radius 1 is 1.25 bits per heavy atom. The van der Waals surface area contributed by atoms with Gasteiger partial charge in [-0.15, -0.1) is 0 Å². The highest BCUT2D eigenvalue weighted by Gasteiger charge is 2.34. The second kappa shape index (κ2) is 4.93. The van der Waals surface area contributed by atoms with Crippen LogP contribution in [0.2, 0.25) is 5.02 Å². The van der Waals surface area contributed by atoms with Crippen molar-refractivity contribution in [2.24, 2.45) is 5.73 Å². The zero-order valence-corrected chi connectivity index (χ0v) is 11.9. The molecule has 1 aliphatic rings. The summed E-state index contributed by atoms with van der Waals surface area (Å²) in [7, 11) is 0. The van der Waals surface area contributed by atoms with Gasteiger partial charge in [0.2, 0.25) is 5.91 Å². The number of carbonyl (C=O) groups excluding carboxylic acids is 1. The van der Waals surface area contributed by atoms with Crippen molar-refractivity contribution in [1.29, 1.82) is 0 Å². The van der Waals surface area contributed by atoms with Gasteiger partial charge in [-0.1, -0.05) is 47.5 Å². The molecule has 1 aliphatic heterocycles. The van der Waals surface area contributed by atoms with Crippen molar-refractivity contribution in [3.63, 3.8) is 0 Å². The third-order valence-corrected chi connectivity index (χ3v) is 4.00. The van der Waals surface area contributed by atoms with E-state index in [1.807, 2.05) is 49.4 Å². The lowest BCUT2D eigenvalue weighted by molar-refractivity contribution is -0.119. The van der Waals surface area contributed by atoms with Crippen LogP contribution in [0.15, 0.2) is 42.5 Å². The first-order valence-electron chi connectivity index (χ1n) is 6.49. The van der Waals surface area contributed by atoms with Gasteiger partial charge in [0.05, 0.1) is 6.54 Å². The van der Waals surface area contributed by atoms with Crippen LogP contribution in [-0.2, 0) is 11.3 Å². The van der Waals surface area contributed by atoms with Crippen molar-refractivity contribution in [3.05, 3.63) is 64.2 Å². The zero-order chi connectivity index (χ0) is 14.3. The molecule has 20 heavy (non-hydrogen) atoms. The smallest absolute Gasteiger partial charge is 0.248 e. The molecule has 2 N–H and O–H groups in total. The molecular formula is C16H15ClN2O. The molecular weight excluding hydrogens is 272 g/mol. The van der Waals surface area contributed by atoms with Gasteiger partial charge < -0.3 is 10.6 Å². The summed E-state index contributed by atoms with van der Waals surface area (Å²) >= 11 is 6.17. The van der Waals surface area contributed by atoms with Crippen molar-refractivity contribution < 1.29 is 4.79 Å². The third-order valence-electron chi connectivity index (χ3n) is 3.63. The van der Waals surface area contributed by atoms with Gasteiger partial charge in [0.1, 0.15) is 6.04 Å². The minimum absolute atomic E-state index is 0.0782. The van der Waals surface area contributed by atoms with Gasteiger partial charge in [-0.3, -0.25) is 4.79 Å². The van der Waals surface area contributed by atoms with E-state index in [9.17, 15) is 4.79 Å². The van der Waals surface area contributed by atoms with E-state index in [-0.39, 0.29) is 5.91 Å². The Morgan fingerprint density at radius 2 is 2.00 bits per heavy atom. The average molecular weight is 287 g/mol. The number of rotatable bonds is 2. The van der Waals surface area contributed by atoms with E-state index >= 15 is 0 Å². The van der Waals surface area contributed by atoms with E-state index < -0.39 is 6.04 Å². The van der Waals surface area contributed by atoms with Crippen LogP contribution in [0.4, 0.5) is 5.69 Å². The third kappa shape index (κ3) is 2.09. The lowest BCUT2D eigenvalue weighted by Crippen LogP contribution is -2.31. The zero-order valence-electron chi connectivity index (χ0n) is 11.1. The van der Waals surface area contributed by atoms with Crippen LogP contribution in [0, 0.1) is 6.92 Å². The van der Waals surface area contributed by atoms with E-state index in [2.05, 4.69) is 0 Å². The molecule has 2 aromatic carbocycles. The van der Waals surface area contributed by atoms with Gasteiger partial charge in [-0.2, -0.15) is 0 Å². The van der Waals surface area contributed by atoms with E-state index in [0.717, 1.165) is 22.4 Å². The van der Waals surface area contributed by atoms with Crippen LogP contribution in [0.5, 0.6) is 0 Å². The van der Waals surface area contributed by atoms with Gasteiger partial charge in [0, 0.05) is 16.3 Å². The second-order valence-corrected chi connectivity index (χ2v) is 5.46. The summed E-state index contributed by atoms with van der Waals surface area (Å²) in [5, 5.41) is 0.662. The number of fused-ring (bicyclic) bond motifs is 1. The first kappa shape index (κ1) is 13.2. The predicted octanol–water partition coefficient (Wildman–Crippen LogP) is 3.20. The van der Waals surface area contributed by atoms with Crippen molar-refractivity contribution in [2.45, 2.75) is 19.5 Å². The SMILES string of the molecule is Cc1ccc2c(c1)C(N)C(=O)N2Cc1ccccc1Cl. The standard InChI is InChI=1S/C16H15ClN2O/c1-10-6-7-14-12(8-10)15(18)16(20)19(14)9-11-4-2-3-5-13(11)17/h2-8,15H,9,18H2,1H3. The lowest BCUT2D eigenvalue weighted by Gasteiger charge is -2.18. The van der Waals surface area contributed by atoms with Crippen LogP contribution in [0.3, 0.4) is 0 Å². The maximum atomic E-state index is 12.3. The Labute approximate surface area is 123 Å². The van der Waals surface area contributed by atoms with Crippen molar-refractivity contribution in [1.82, 2.24) is 0 Å². The molecule has 1 atom stereocenters. The molecule has 3 nitrogen and oxygen atoms in total. The normalized spacial score (nSPS) is 17.4. The summed E-state index contributed by atoms with van der Waals surface area (Å²) < 4.78 is 0. The summed E-state index contributed by atoms with van der Waals surface area (Å²) in [6, 6.07) is 12.9. The second-order valence-electron chi connectivity index (χ2n) is 5.06. The van der Waals surface area contributed by atoms with E-state index in [1.54, 1.807) is 4.90 Å². The molecule has 3 rings (SSSR count). The minimum Gasteiger partial charge on any atom is -0.316 e. The average Bonchev–Trinajstić information content (AvgIpc) is 2.66. The summed E-state index contributed by atoms with van der Waals surface area (Å²) in [6.45, 7) is 2.44. The number of hydrogen-bond acceptors (Lipinski definition) is 2. The molecule has 0 fully saturated rings. The Morgan fingerprint density at radius 3 is 2.75 bits per heavy atom. The fraction of sp³-hybridized carbons (Fsp3) is 0.188. The molecule has 0 spiro atoms. The Balaban J connectivity index is 2.00. The number of carbonyl (C=O) groups is 1. The summed E-state index contributed by atoms with van der Waals surface area (Å²) in [4.78, 5) is 14.1. The first-order valence-corrected chi connectivity index (χ1v) is 6.86. The molecule has 0 radical (unpaired) electrons. The predicted molar refractivity (Wildman–Crippen MR) is 80.7 cm³/mol. The van der Waals surface area contributed by atoms with Crippen LogP contribution in [0.25, 0.3) is 0 Å². The Kier molecular flexibility index (Phi) is 3.24. The minimum atomic E-state index is -0.576. The van der Waals surface area contributed by atoms with Gasteiger partial charge in [-0.05, 0) is 24.6 Å². The summed E-state index contributed by atoms with van der Waals surface area (Å²) in [5.74, 6) is -0.0782. The first-order chi connectivity index (χ1) is 9.58. The molecule has 0 saturated carbocycles. The molecule has 4 heteroatoms. The molecule has 1 unspecified atom stereocenters. The quantitative estimate of drug-likeness (QED) is 0.921. The van der Waals surface area contributed by atoms with E-state index in [4.69, 9.17) is 17.3 Å². The van der Waals surface area contributed by atoms with Crippen molar-refractivity contribution in [2.75, 3.05) is 4.90 Å². The Bertz CT molecular complexity index is 684. The number of anilines is 1. The fourth-order valence-corrected chi connectivity index (χ4v) is 2.74. The molecule has 1 heterocycles. The number of amides is 1.